The summed E-state index contributed by atoms with van der Waals surface area (Å²) in [5.74, 6) is 0. The largest absolute Gasteiger partial charge is 0.378 e. The zero-order valence-corrected chi connectivity index (χ0v) is 7.16. The summed E-state index contributed by atoms with van der Waals surface area (Å²) in [5, 5.41) is 2.46. The summed E-state index contributed by atoms with van der Waals surface area (Å²) in [4.78, 5) is 21.3. The minimum Gasteiger partial charge on any atom is -0.378 e. The molecule has 70 valence electrons. The van der Waals surface area contributed by atoms with Crippen LogP contribution in [0.5, 0.6) is 0 Å². The average molecular weight is 174 g/mol. The lowest BCUT2D eigenvalue weighted by atomic mass is 10.6. The second kappa shape index (κ2) is 8.00. The molecule has 0 unspecified atom stereocenters. The molecule has 1 N–H and O–H groups in total. The lowest BCUT2D eigenvalue weighted by Crippen LogP contribution is -2.24. The zero-order valence-electron chi connectivity index (χ0n) is 7.16. The minimum absolute atomic E-state index is 0.478. The van der Waals surface area contributed by atoms with Crippen LogP contribution in [0.15, 0.2) is 0 Å². The number of carbonyl (C=O) groups is 2. The van der Waals surface area contributed by atoms with Gasteiger partial charge in [-0.15, -0.1) is 0 Å². The Kier molecular flexibility index (Phi) is 7.27. The molecule has 0 saturated heterocycles. The number of ether oxygens (including phenoxy) is 1. The number of likely N-dealkylation sites (N-methyl/N-ethyl adjacent to an activating group) is 1. The Morgan fingerprint density at radius 1 is 1.42 bits per heavy atom. The highest BCUT2D eigenvalue weighted by atomic mass is 16.5. The summed E-state index contributed by atoms with van der Waals surface area (Å²) in [5.41, 5.74) is 0. The van der Waals surface area contributed by atoms with Crippen LogP contribution in [0.3, 0.4) is 0 Å². The van der Waals surface area contributed by atoms with Crippen LogP contribution in [0.1, 0.15) is 0 Å². The van der Waals surface area contributed by atoms with Crippen molar-refractivity contribution in [2.24, 2.45) is 0 Å². The summed E-state index contributed by atoms with van der Waals surface area (Å²) in [6, 6.07) is 0. The first-order valence-corrected chi connectivity index (χ1v) is 3.71. The van der Waals surface area contributed by atoms with Crippen LogP contribution < -0.4 is 5.32 Å². The molecule has 5 nitrogen and oxygen atoms in total. The van der Waals surface area contributed by atoms with Gasteiger partial charge in [-0.25, -0.2) is 0 Å². The molecule has 5 heteroatoms. The van der Waals surface area contributed by atoms with Crippen molar-refractivity contribution in [2.45, 2.75) is 0 Å². The fourth-order valence-electron chi connectivity index (χ4n) is 0.553. The minimum atomic E-state index is 0.478. The Morgan fingerprint density at radius 3 is 2.75 bits per heavy atom. The summed E-state index contributed by atoms with van der Waals surface area (Å²) >= 11 is 0. The van der Waals surface area contributed by atoms with Crippen molar-refractivity contribution in [3.05, 3.63) is 0 Å². The van der Waals surface area contributed by atoms with Crippen molar-refractivity contribution < 1.29 is 14.3 Å². The Bertz CT molecular complexity index is 130. The molecule has 0 aromatic rings. The van der Waals surface area contributed by atoms with Gasteiger partial charge >= 0.3 is 0 Å². The highest BCUT2D eigenvalue weighted by Gasteiger charge is 1.92. The molecular weight excluding hydrogens is 160 g/mol. The molecule has 0 aliphatic rings. The number of nitrogens with one attached hydrogen (secondary N) is 1. The van der Waals surface area contributed by atoms with Gasteiger partial charge in [-0.2, -0.15) is 0 Å². The van der Waals surface area contributed by atoms with Gasteiger partial charge in [-0.05, 0) is 0 Å². The van der Waals surface area contributed by atoms with Crippen LogP contribution in [0, 0.1) is 0 Å². The SMILES string of the molecule is CN(C=O)CCOCCNC=O. The molecule has 0 saturated carbocycles. The number of carbonyl (C=O) groups excluding carboxylic acids is 2. The summed E-state index contributed by atoms with van der Waals surface area (Å²) < 4.78 is 5.09. The van der Waals surface area contributed by atoms with E-state index < -0.39 is 0 Å². The summed E-state index contributed by atoms with van der Waals surface area (Å²) in [6.07, 6.45) is 1.37. The monoisotopic (exact) mass is 174 g/mol. The van der Waals surface area contributed by atoms with Gasteiger partial charge in [0, 0.05) is 20.1 Å². The highest BCUT2D eigenvalue weighted by Crippen LogP contribution is 1.77. The predicted octanol–water partition coefficient (Wildman–Crippen LogP) is -1.16. The molecule has 0 aliphatic carbocycles. The van der Waals surface area contributed by atoms with Crippen molar-refractivity contribution in [2.75, 3.05) is 33.4 Å². The summed E-state index contributed by atoms with van der Waals surface area (Å²) in [6.45, 7) is 2.06. The Labute approximate surface area is 71.7 Å². The zero-order chi connectivity index (χ0) is 9.23. The van der Waals surface area contributed by atoms with Crippen LogP contribution in [-0.2, 0) is 14.3 Å². The molecule has 0 heterocycles. The average Bonchev–Trinajstić information content (AvgIpc) is 2.10. The van der Waals surface area contributed by atoms with E-state index in [9.17, 15) is 9.59 Å². The number of rotatable bonds is 8. The van der Waals surface area contributed by atoms with Gasteiger partial charge in [-0.1, -0.05) is 0 Å². The maximum absolute atomic E-state index is 10.1. The van der Waals surface area contributed by atoms with Crippen molar-refractivity contribution in [1.29, 1.82) is 0 Å². The van der Waals surface area contributed by atoms with E-state index in [1.54, 1.807) is 7.05 Å². The van der Waals surface area contributed by atoms with Crippen molar-refractivity contribution >= 4 is 12.8 Å². The number of hydrogen-bond acceptors (Lipinski definition) is 3. The van der Waals surface area contributed by atoms with Crippen molar-refractivity contribution in [1.82, 2.24) is 10.2 Å². The Balaban J connectivity index is 2.99. The quantitative estimate of drug-likeness (QED) is 0.373. The molecule has 0 aromatic carbocycles. The van der Waals surface area contributed by atoms with E-state index in [1.807, 2.05) is 0 Å². The van der Waals surface area contributed by atoms with Gasteiger partial charge in [0.2, 0.25) is 12.8 Å². The van der Waals surface area contributed by atoms with E-state index in [0.717, 1.165) is 6.41 Å². The first kappa shape index (κ1) is 10.9. The maximum Gasteiger partial charge on any atom is 0.209 e. The number of amides is 2. The fourth-order valence-corrected chi connectivity index (χ4v) is 0.553. The molecule has 0 fully saturated rings. The first-order chi connectivity index (χ1) is 5.81. The fraction of sp³-hybridized carbons (Fsp3) is 0.714. The molecule has 0 radical (unpaired) electrons. The smallest absolute Gasteiger partial charge is 0.209 e. The molecule has 2 amide bonds. The molecule has 0 aromatic heterocycles. The van der Waals surface area contributed by atoms with Gasteiger partial charge in [0.15, 0.2) is 0 Å². The molecule has 12 heavy (non-hydrogen) atoms. The van der Waals surface area contributed by atoms with E-state index in [4.69, 9.17) is 4.74 Å². The van der Waals surface area contributed by atoms with Crippen LogP contribution in [0.25, 0.3) is 0 Å². The number of hydrogen-bond donors (Lipinski definition) is 1. The topological polar surface area (TPSA) is 58.6 Å². The molecule has 0 atom stereocenters. The standard InChI is InChI=1S/C7H14N2O3/c1-9(7-11)3-5-12-4-2-8-6-10/h6-7H,2-5H2,1H3,(H,8,10). The molecule has 0 spiro atoms. The number of nitrogens with zero attached hydrogens (tertiary/aromatic N) is 1. The van der Waals surface area contributed by atoms with Gasteiger partial charge in [-0.3, -0.25) is 9.59 Å². The predicted molar refractivity (Wildman–Crippen MR) is 43.6 cm³/mol. The lowest BCUT2D eigenvalue weighted by molar-refractivity contribution is -0.117. The van der Waals surface area contributed by atoms with Gasteiger partial charge in [0.25, 0.3) is 0 Å². The molecular formula is C7H14N2O3. The third kappa shape index (κ3) is 7.01. The Morgan fingerprint density at radius 2 is 2.17 bits per heavy atom. The first-order valence-electron chi connectivity index (χ1n) is 3.71. The van der Waals surface area contributed by atoms with Crippen LogP contribution in [0.4, 0.5) is 0 Å². The third-order valence-corrected chi connectivity index (χ3v) is 1.24. The van der Waals surface area contributed by atoms with Gasteiger partial charge in [0.05, 0.1) is 13.2 Å². The summed E-state index contributed by atoms with van der Waals surface area (Å²) in [7, 11) is 1.68. The van der Waals surface area contributed by atoms with Crippen molar-refractivity contribution in [3.8, 4) is 0 Å². The molecule has 0 rings (SSSR count). The van der Waals surface area contributed by atoms with E-state index >= 15 is 0 Å². The van der Waals surface area contributed by atoms with Crippen molar-refractivity contribution in [3.63, 3.8) is 0 Å². The van der Waals surface area contributed by atoms with Crippen LogP contribution in [-0.4, -0.2) is 51.1 Å². The molecule has 0 aliphatic heterocycles. The van der Waals surface area contributed by atoms with E-state index in [1.165, 1.54) is 4.90 Å². The van der Waals surface area contributed by atoms with Gasteiger partial charge < -0.3 is 15.0 Å². The van der Waals surface area contributed by atoms with E-state index in [0.29, 0.717) is 32.7 Å². The second-order valence-electron chi connectivity index (χ2n) is 2.27. The lowest BCUT2D eigenvalue weighted by Gasteiger charge is -2.09. The van der Waals surface area contributed by atoms with Crippen LogP contribution in [0.2, 0.25) is 0 Å². The maximum atomic E-state index is 10.1. The normalized spacial score (nSPS) is 9.08. The Hall–Kier alpha value is -1.10. The van der Waals surface area contributed by atoms with E-state index in [-0.39, 0.29) is 0 Å². The molecule has 0 bridgehead atoms. The third-order valence-electron chi connectivity index (χ3n) is 1.24. The van der Waals surface area contributed by atoms with Crippen LogP contribution >= 0.6 is 0 Å². The second-order valence-corrected chi connectivity index (χ2v) is 2.27. The van der Waals surface area contributed by atoms with Gasteiger partial charge in [0.1, 0.15) is 0 Å². The van der Waals surface area contributed by atoms with E-state index in [2.05, 4.69) is 5.32 Å². The highest BCUT2D eigenvalue weighted by molar-refractivity contribution is 5.46.